The standard InChI is InChI=1S/C13H21N5O/c1-3-16-11-8-15-9-12(17-11)18-6-4-10(5-7-18)13(19)14-2/h8-10H,3-7H2,1-2H3,(H,14,19)(H,16,17). The molecule has 0 atom stereocenters. The van der Waals surface area contributed by atoms with Gasteiger partial charge in [-0.15, -0.1) is 0 Å². The van der Waals surface area contributed by atoms with E-state index in [1.165, 1.54) is 0 Å². The second kappa shape index (κ2) is 6.36. The van der Waals surface area contributed by atoms with Gasteiger partial charge in [-0.3, -0.25) is 9.78 Å². The minimum Gasteiger partial charge on any atom is -0.369 e. The number of aromatic nitrogens is 2. The summed E-state index contributed by atoms with van der Waals surface area (Å²) < 4.78 is 0. The second-order valence-corrected chi connectivity index (χ2v) is 4.67. The third kappa shape index (κ3) is 3.33. The fourth-order valence-corrected chi connectivity index (χ4v) is 2.35. The van der Waals surface area contributed by atoms with Crippen LogP contribution in [0.5, 0.6) is 0 Å². The molecule has 2 heterocycles. The summed E-state index contributed by atoms with van der Waals surface area (Å²) in [6.45, 7) is 4.56. The van der Waals surface area contributed by atoms with E-state index in [4.69, 9.17) is 0 Å². The Balaban J connectivity index is 1.97. The fraction of sp³-hybridized carbons (Fsp3) is 0.615. The largest absolute Gasteiger partial charge is 0.369 e. The average Bonchev–Trinajstić information content (AvgIpc) is 2.47. The number of rotatable bonds is 4. The third-order valence-corrected chi connectivity index (χ3v) is 3.42. The van der Waals surface area contributed by atoms with Crippen molar-refractivity contribution in [1.29, 1.82) is 0 Å². The van der Waals surface area contributed by atoms with Gasteiger partial charge in [0, 0.05) is 32.6 Å². The molecular formula is C13H21N5O. The van der Waals surface area contributed by atoms with Gasteiger partial charge in [-0.05, 0) is 19.8 Å². The minimum absolute atomic E-state index is 0.131. The third-order valence-electron chi connectivity index (χ3n) is 3.42. The first-order chi connectivity index (χ1) is 9.24. The molecule has 6 nitrogen and oxygen atoms in total. The summed E-state index contributed by atoms with van der Waals surface area (Å²) in [7, 11) is 1.69. The average molecular weight is 263 g/mol. The van der Waals surface area contributed by atoms with Gasteiger partial charge < -0.3 is 15.5 Å². The van der Waals surface area contributed by atoms with Crippen molar-refractivity contribution in [2.24, 2.45) is 5.92 Å². The number of nitrogens with zero attached hydrogens (tertiary/aromatic N) is 3. The van der Waals surface area contributed by atoms with E-state index in [2.05, 4.69) is 25.5 Å². The summed E-state index contributed by atoms with van der Waals surface area (Å²) in [6, 6.07) is 0. The van der Waals surface area contributed by atoms with Crippen LogP contribution in [0.15, 0.2) is 12.4 Å². The summed E-state index contributed by atoms with van der Waals surface area (Å²) in [4.78, 5) is 22.5. The van der Waals surface area contributed by atoms with Crippen molar-refractivity contribution in [1.82, 2.24) is 15.3 Å². The molecule has 1 fully saturated rings. The Morgan fingerprint density at radius 1 is 1.42 bits per heavy atom. The highest BCUT2D eigenvalue weighted by molar-refractivity contribution is 5.78. The molecule has 0 radical (unpaired) electrons. The molecule has 6 heteroatoms. The Labute approximate surface area is 113 Å². The molecule has 1 saturated heterocycles. The lowest BCUT2D eigenvalue weighted by Gasteiger charge is -2.31. The maximum Gasteiger partial charge on any atom is 0.222 e. The zero-order valence-corrected chi connectivity index (χ0v) is 11.5. The lowest BCUT2D eigenvalue weighted by Crippen LogP contribution is -2.40. The van der Waals surface area contributed by atoms with Gasteiger partial charge >= 0.3 is 0 Å². The zero-order chi connectivity index (χ0) is 13.7. The highest BCUT2D eigenvalue weighted by Gasteiger charge is 2.24. The maximum atomic E-state index is 11.6. The molecule has 2 rings (SSSR count). The van der Waals surface area contributed by atoms with Crippen LogP contribution in [0.4, 0.5) is 11.6 Å². The van der Waals surface area contributed by atoms with Gasteiger partial charge in [0.2, 0.25) is 5.91 Å². The molecule has 19 heavy (non-hydrogen) atoms. The molecule has 1 aromatic rings. The van der Waals surface area contributed by atoms with E-state index < -0.39 is 0 Å². The van der Waals surface area contributed by atoms with Crippen LogP contribution in [0.2, 0.25) is 0 Å². The summed E-state index contributed by atoms with van der Waals surface area (Å²) in [5.41, 5.74) is 0. The first-order valence-corrected chi connectivity index (χ1v) is 6.77. The Kier molecular flexibility index (Phi) is 4.54. The molecule has 0 unspecified atom stereocenters. The fourth-order valence-electron chi connectivity index (χ4n) is 2.35. The van der Waals surface area contributed by atoms with Crippen LogP contribution in [-0.2, 0) is 4.79 Å². The smallest absolute Gasteiger partial charge is 0.222 e. The van der Waals surface area contributed by atoms with Crippen LogP contribution in [0.3, 0.4) is 0 Å². The molecule has 0 aromatic carbocycles. The molecule has 0 aliphatic carbocycles. The molecule has 1 aliphatic rings. The molecule has 0 bridgehead atoms. The Hall–Kier alpha value is -1.85. The van der Waals surface area contributed by atoms with Crippen LogP contribution >= 0.6 is 0 Å². The van der Waals surface area contributed by atoms with Crippen LogP contribution in [0.25, 0.3) is 0 Å². The number of anilines is 2. The molecule has 1 aliphatic heterocycles. The molecule has 104 valence electrons. The summed E-state index contributed by atoms with van der Waals surface area (Å²) in [5, 5.41) is 5.88. The lowest BCUT2D eigenvalue weighted by molar-refractivity contribution is -0.125. The van der Waals surface area contributed by atoms with Crippen molar-refractivity contribution < 1.29 is 4.79 Å². The van der Waals surface area contributed by atoms with Crippen molar-refractivity contribution in [3.8, 4) is 0 Å². The monoisotopic (exact) mass is 263 g/mol. The number of carbonyl (C=O) groups excluding carboxylic acids is 1. The number of nitrogens with one attached hydrogen (secondary N) is 2. The van der Waals surface area contributed by atoms with Gasteiger partial charge in [-0.2, -0.15) is 0 Å². The topological polar surface area (TPSA) is 70.2 Å². The van der Waals surface area contributed by atoms with Gasteiger partial charge in [0.15, 0.2) is 0 Å². The zero-order valence-electron chi connectivity index (χ0n) is 11.5. The molecule has 1 amide bonds. The predicted octanol–water partition coefficient (Wildman–Crippen LogP) is 0.871. The van der Waals surface area contributed by atoms with Crippen molar-refractivity contribution in [2.45, 2.75) is 19.8 Å². The molecule has 1 aromatic heterocycles. The van der Waals surface area contributed by atoms with Gasteiger partial charge in [-0.25, -0.2) is 4.98 Å². The summed E-state index contributed by atoms with van der Waals surface area (Å²) in [5.74, 6) is 1.96. The summed E-state index contributed by atoms with van der Waals surface area (Å²) in [6.07, 6.45) is 5.24. The maximum absolute atomic E-state index is 11.6. The van der Waals surface area contributed by atoms with Gasteiger partial charge in [0.1, 0.15) is 11.6 Å². The second-order valence-electron chi connectivity index (χ2n) is 4.67. The first kappa shape index (κ1) is 13.6. The highest BCUT2D eigenvalue weighted by atomic mass is 16.1. The van der Waals surface area contributed by atoms with Gasteiger partial charge in [0.05, 0.1) is 12.4 Å². The molecular weight excluding hydrogens is 242 g/mol. The van der Waals surface area contributed by atoms with Crippen LogP contribution in [0.1, 0.15) is 19.8 Å². The molecule has 0 spiro atoms. The Bertz CT molecular complexity index is 429. The number of carbonyl (C=O) groups is 1. The lowest BCUT2D eigenvalue weighted by atomic mass is 9.96. The number of piperidine rings is 1. The van der Waals surface area contributed by atoms with Crippen LogP contribution < -0.4 is 15.5 Å². The van der Waals surface area contributed by atoms with E-state index in [9.17, 15) is 4.79 Å². The van der Waals surface area contributed by atoms with Crippen molar-refractivity contribution in [3.05, 3.63) is 12.4 Å². The quantitative estimate of drug-likeness (QED) is 0.843. The number of amides is 1. The van der Waals surface area contributed by atoms with Crippen molar-refractivity contribution >= 4 is 17.5 Å². The number of hydrogen-bond acceptors (Lipinski definition) is 5. The van der Waals surface area contributed by atoms with E-state index in [0.717, 1.165) is 44.1 Å². The first-order valence-electron chi connectivity index (χ1n) is 6.77. The van der Waals surface area contributed by atoms with Crippen molar-refractivity contribution in [3.63, 3.8) is 0 Å². The van der Waals surface area contributed by atoms with E-state index in [-0.39, 0.29) is 11.8 Å². The highest BCUT2D eigenvalue weighted by Crippen LogP contribution is 2.22. The van der Waals surface area contributed by atoms with Gasteiger partial charge in [-0.1, -0.05) is 0 Å². The molecule has 0 saturated carbocycles. The Morgan fingerprint density at radius 3 is 2.79 bits per heavy atom. The van der Waals surface area contributed by atoms with E-state index in [1.807, 2.05) is 6.92 Å². The van der Waals surface area contributed by atoms with Gasteiger partial charge in [0.25, 0.3) is 0 Å². The summed E-state index contributed by atoms with van der Waals surface area (Å²) >= 11 is 0. The Morgan fingerprint density at radius 2 is 2.16 bits per heavy atom. The van der Waals surface area contributed by atoms with E-state index in [0.29, 0.717) is 0 Å². The normalized spacial score (nSPS) is 16.2. The minimum atomic E-state index is 0.131. The predicted molar refractivity (Wildman–Crippen MR) is 75.2 cm³/mol. The van der Waals surface area contributed by atoms with E-state index in [1.54, 1.807) is 19.4 Å². The van der Waals surface area contributed by atoms with Crippen LogP contribution in [-0.4, -0.2) is 42.6 Å². The number of hydrogen-bond donors (Lipinski definition) is 2. The van der Waals surface area contributed by atoms with Crippen molar-refractivity contribution in [2.75, 3.05) is 36.9 Å². The SMILES string of the molecule is CCNc1cncc(N2CCC(C(=O)NC)CC2)n1. The van der Waals surface area contributed by atoms with E-state index >= 15 is 0 Å². The molecule has 2 N–H and O–H groups in total. The van der Waals surface area contributed by atoms with Crippen LogP contribution in [0, 0.1) is 5.92 Å².